The summed E-state index contributed by atoms with van der Waals surface area (Å²) >= 11 is 0. The molecule has 156 valence electrons. The number of carboxylic acids is 1. The number of aryl methyl sites for hydroxylation is 1. The van der Waals surface area contributed by atoms with E-state index in [1.54, 1.807) is 18.3 Å². The number of para-hydroxylation sites is 1. The topological polar surface area (TPSA) is 87.1 Å². The van der Waals surface area contributed by atoms with E-state index in [0.29, 0.717) is 36.3 Å². The number of aromatic nitrogens is 1. The third kappa shape index (κ3) is 6.41. The van der Waals surface area contributed by atoms with Gasteiger partial charge in [0.2, 0.25) is 5.88 Å². The van der Waals surface area contributed by atoms with Crippen LogP contribution in [-0.2, 0) is 11.4 Å². The minimum Gasteiger partial charge on any atom is -0.490 e. The first-order valence-corrected chi connectivity index (χ1v) is 9.44. The molecular formula is C23H23NO6. The molecule has 0 bridgehead atoms. The zero-order valence-corrected chi connectivity index (χ0v) is 16.6. The van der Waals surface area contributed by atoms with Crippen molar-refractivity contribution in [2.45, 2.75) is 13.5 Å². The van der Waals surface area contributed by atoms with Crippen LogP contribution < -0.4 is 18.9 Å². The van der Waals surface area contributed by atoms with Gasteiger partial charge in [0, 0.05) is 23.9 Å². The summed E-state index contributed by atoms with van der Waals surface area (Å²) in [5.74, 6) is 1.34. The highest BCUT2D eigenvalue weighted by Gasteiger charge is 2.10. The summed E-state index contributed by atoms with van der Waals surface area (Å²) in [6.07, 6.45) is 1.67. The van der Waals surface area contributed by atoms with Crippen molar-refractivity contribution in [1.29, 1.82) is 0 Å². The largest absolute Gasteiger partial charge is 0.490 e. The molecular weight excluding hydrogens is 386 g/mol. The molecule has 0 aliphatic carbocycles. The maximum Gasteiger partial charge on any atom is 0.341 e. The average Bonchev–Trinajstić information content (AvgIpc) is 2.75. The molecule has 3 rings (SSSR count). The summed E-state index contributed by atoms with van der Waals surface area (Å²) in [5, 5.41) is 8.87. The zero-order valence-electron chi connectivity index (χ0n) is 16.6. The lowest BCUT2D eigenvalue weighted by atomic mass is 10.1. The highest BCUT2D eigenvalue weighted by atomic mass is 16.5. The predicted octanol–water partition coefficient (Wildman–Crippen LogP) is 3.89. The van der Waals surface area contributed by atoms with Crippen LogP contribution in [0.1, 0.15) is 11.1 Å². The summed E-state index contributed by atoms with van der Waals surface area (Å²) in [6, 6.07) is 18.3. The first kappa shape index (κ1) is 21.0. The Labute approximate surface area is 174 Å². The van der Waals surface area contributed by atoms with Crippen molar-refractivity contribution >= 4 is 5.97 Å². The lowest BCUT2D eigenvalue weighted by Crippen LogP contribution is -2.12. The number of benzene rings is 2. The van der Waals surface area contributed by atoms with Crippen LogP contribution in [0.15, 0.2) is 66.9 Å². The van der Waals surface area contributed by atoms with E-state index in [2.05, 4.69) is 4.98 Å². The van der Waals surface area contributed by atoms with E-state index in [1.165, 1.54) is 0 Å². The Kier molecular flexibility index (Phi) is 7.49. The van der Waals surface area contributed by atoms with Crippen molar-refractivity contribution in [3.05, 3.63) is 78.0 Å². The van der Waals surface area contributed by atoms with E-state index in [4.69, 9.17) is 24.1 Å². The van der Waals surface area contributed by atoms with Crippen LogP contribution in [0, 0.1) is 6.92 Å². The molecule has 0 saturated heterocycles. The summed E-state index contributed by atoms with van der Waals surface area (Å²) in [5.41, 5.74) is 1.62. The number of rotatable bonds is 11. The summed E-state index contributed by atoms with van der Waals surface area (Å²) in [6.45, 7) is 2.44. The Balaban J connectivity index is 1.53. The Hall–Kier alpha value is -3.74. The van der Waals surface area contributed by atoms with E-state index >= 15 is 0 Å². The van der Waals surface area contributed by atoms with Gasteiger partial charge in [0.1, 0.15) is 37.1 Å². The second-order valence-electron chi connectivity index (χ2n) is 6.37. The number of ether oxygens (including phenoxy) is 4. The molecule has 0 spiro atoms. The number of aliphatic carboxylic acids is 1. The average molecular weight is 409 g/mol. The van der Waals surface area contributed by atoms with E-state index in [-0.39, 0.29) is 6.61 Å². The molecule has 0 unspecified atom stereocenters. The van der Waals surface area contributed by atoms with Gasteiger partial charge in [0.25, 0.3) is 0 Å². The minimum absolute atomic E-state index is 0.239. The van der Waals surface area contributed by atoms with Crippen LogP contribution in [0.25, 0.3) is 0 Å². The monoisotopic (exact) mass is 409 g/mol. The molecule has 1 N–H and O–H groups in total. The van der Waals surface area contributed by atoms with Gasteiger partial charge in [0.15, 0.2) is 6.61 Å². The molecule has 0 amide bonds. The first-order valence-electron chi connectivity index (χ1n) is 9.44. The number of hydrogen-bond acceptors (Lipinski definition) is 6. The molecule has 7 heteroatoms. The first-order chi connectivity index (χ1) is 14.6. The molecule has 0 radical (unpaired) electrons. The van der Waals surface area contributed by atoms with E-state index in [1.807, 2.05) is 55.5 Å². The summed E-state index contributed by atoms with van der Waals surface area (Å²) in [7, 11) is 0. The molecule has 0 saturated carbocycles. The highest BCUT2D eigenvalue weighted by Crippen LogP contribution is 2.26. The number of pyridine rings is 1. The summed E-state index contributed by atoms with van der Waals surface area (Å²) in [4.78, 5) is 14.9. The van der Waals surface area contributed by atoms with Crippen LogP contribution in [0.5, 0.6) is 23.1 Å². The highest BCUT2D eigenvalue weighted by molar-refractivity contribution is 5.68. The number of hydrogen-bond donors (Lipinski definition) is 1. The van der Waals surface area contributed by atoms with Crippen molar-refractivity contribution in [2.75, 3.05) is 19.8 Å². The molecule has 0 aliphatic rings. The SMILES string of the molecule is Cc1cccc(COc2cccc(OCCOc3ccccn3)c2)c1OCC(=O)O. The van der Waals surface area contributed by atoms with Gasteiger partial charge in [-0.2, -0.15) is 0 Å². The van der Waals surface area contributed by atoms with Crippen molar-refractivity contribution in [3.63, 3.8) is 0 Å². The molecule has 0 aliphatic heterocycles. The Morgan fingerprint density at radius 2 is 1.67 bits per heavy atom. The van der Waals surface area contributed by atoms with E-state index < -0.39 is 12.6 Å². The Morgan fingerprint density at radius 1 is 0.900 bits per heavy atom. The Bertz CT molecular complexity index is 961. The van der Waals surface area contributed by atoms with Crippen molar-refractivity contribution in [1.82, 2.24) is 4.98 Å². The molecule has 1 heterocycles. The summed E-state index contributed by atoms with van der Waals surface area (Å²) < 4.78 is 22.5. The van der Waals surface area contributed by atoms with Crippen molar-refractivity contribution in [3.8, 4) is 23.1 Å². The van der Waals surface area contributed by atoms with Gasteiger partial charge in [-0.25, -0.2) is 9.78 Å². The quantitative estimate of drug-likeness (QED) is 0.481. The maximum atomic E-state index is 10.8. The zero-order chi connectivity index (χ0) is 21.2. The Morgan fingerprint density at radius 3 is 2.43 bits per heavy atom. The van der Waals surface area contributed by atoms with Crippen LogP contribution >= 0.6 is 0 Å². The minimum atomic E-state index is -1.03. The predicted molar refractivity (Wildman–Crippen MR) is 110 cm³/mol. The standard InChI is InChI=1S/C23H23NO6/c1-17-6-4-7-18(23(17)30-16-22(25)26)15-29-20-9-5-8-19(14-20)27-12-13-28-21-10-2-3-11-24-21/h2-11,14H,12-13,15-16H2,1H3,(H,25,26). The van der Waals surface area contributed by atoms with Gasteiger partial charge in [0.05, 0.1) is 0 Å². The second-order valence-corrected chi connectivity index (χ2v) is 6.37. The molecule has 0 atom stereocenters. The van der Waals surface area contributed by atoms with Gasteiger partial charge >= 0.3 is 5.97 Å². The van der Waals surface area contributed by atoms with Crippen LogP contribution in [-0.4, -0.2) is 35.9 Å². The van der Waals surface area contributed by atoms with Gasteiger partial charge in [-0.15, -0.1) is 0 Å². The molecule has 30 heavy (non-hydrogen) atoms. The van der Waals surface area contributed by atoms with Gasteiger partial charge < -0.3 is 24.1 Å². The van der Waals surface area contributed by atoms with Gasteiger partial charge in [-0.1, -0.05) is 30.3 Å². The number of carbonyl (C=O) groups is 1. The van der Waals surface area contributed by atoms with E-state index in [9.17, 15) is 4.79 Å². The molecule has 2 aromatic carbocycles. The number of carboxylic acid groups (broad SMARTS) is 1. The second kappa shape index (κ2) is 10.7. The fraction of sp³-hybridized carbons (Fsp3) is 0.217. The van der Waals surface area contributed by atoms with Crippen LogP contribution in [0.4, 0.5) is 0 Å². The smallest absolute Gasteiger partial charge is 0.341 e. The van der Waals surface area contributed by atoms with E-state index in [0.717, 1.165) is 11.1 Å². The molecule has 3 aromatic rings. The fourth-order valence-corrected chi connectivity index (χ4v) is 2.72. The normalized spacial score (nSPS) is 10.3. The van der Waals surface area contributed by atoms with Crippen molar-refractivity contribution in [2.24, 2.45) is 0 Å². The third-order valence-electron chi connectivity index (χ3n) is 4.07. The fourth-order valence-electron chi connectivity index (χ4n) is 2.72. The molecule has 1 aromatic heterocycles. The van der Waals surface area contributed by atoms with Crippen LogP contribution in [0.2, 0.25) is 0 Å². The lowest BCUT2D eigenvalue weighted by Gasteiger charge is -2.14. The molecule has 7 nitrogen and oxygen atoms in total. The maximum absolute atomic E-state index is 10.8. The van der Waals surface area contributed by atoms with Gasteiger partial charge in [-0.3, -0.25) is 0 Å². The lowest BCUT2D eigenvalue weighted by molar-refractivity contribution is -0.139. The number of nitrogens with zero attached hydrogens (tertiary/aromatic N) is 1. The van der Waals surface area contributed by atoms with Crippen molar-refractivity contribution < 1.29 is 28.8 Å². The van der Waals surface area contributed by atoms with Crippen LogP contribution in [0.3, 0.4) is 0 Å². The molecule has 0 fully saturated rings. The van der Waals surface area contributed by atoms with Gasteiger partial charge in [-0.05, 0) is 30.7 Å². The third-order valence-corrected chi connectivity index (χ3v) is 4.07.